The van der Waals surface area contributed by atoms with Crippen molar-refractivity contribution in [3.8, 4) is 5.75 Å². The number of nitrogens with zero attached hydrogens (tertiary/aromatic N) is 1. The first-order chi connectivity index (χ1) is 10.0. The van der Waals surface area contributed by atoms with Gasteiger partial charge in [0.25, 0.3) is 5.91 Å². The van der Waals surface area contributed by atoms with E-state index in [2.05, 4.69) is 13.8 Å². The fourth-order valence-electron chi connectivity index (χ4n) is 3.01. The number of ether oxygens (including phenoxy) is 1. The molecule has 2 rings (SSSR count). The predicted molar refractivity (Wildman–Crippen MR) is 81.6 cm³/mol. The molecule has 0 aliphatic carbocycles. The summed E-state index contributed by atoms with van der Waals surface area (Å²) in [5.41, 5.74) is 0.519. The maximum absolute atomic E-state index is 12.4. The van der Waals surface area contributed by atoms with Crippen LogP contribution < -0.4 is 4.74 Å². The summed E-state index contributed by atoms with van der Waals surface area (Å²) in [4.78, 5) is 25.8. The molecule has 1 aliphatic rings. The maximum atomic E-state index is 12.4. The molecule has 4 nitrogen and oxygen atoms in total. The number of piperidine rings is 1. The molecule has 1 aromatic carbocycles. The molecule has 1 amide bonds. The third-order valence-electron chi connectivity index (χ3n) is 4.10. The second kappa shape index (κ2) is 6.74. The van der Waals surface area contributed by atoms with E-state index in [1.807, 2.05) is 4.90 Å². The highest BCUT2D eigenvalue weighted by Gasteiger charge is 2.29. The Balaban J connectivity index is 2.02. The molecule has 1 saturated heterocycles. The minimum atomic E-state index is -0.0576. The first-order valence-corrected chi connectivity index (χ1v) is 7.54. The third kappa shape index (κ3) is 3.63. The van der Waals surface area contributed by atoms with Gasteiger partial charge in [-0.25, -0.2) is 0 Å². The summed E-state index contributed by atoms with van der Waals surface area (Å²) >= 11 is 0. The summed E-state index contributed by atoms with van der Waals surface area (Å²) in [5, 5.41) is 0. The van der Waals surface area contributed by atoms with Gasteiger partial charge in [-0.05, 0) is 52.2 Å². The van der Waals surface area contributed by atoms with Crippen LogP contribution in [0.1, 0.15) is 50.4 Å². The lowest BCUT2D eigenvalue weighted by atomic mass is 9.97. The molecule has 114 valence electrons. The maximum Gasteiger partial charge on any atom is 0.260 e. The van der Waals surface area contributed by atoms with Gasteiger partial charge in [0.05, 0.1) is 5.56 Å². The first kappa shape index (κ1) is 15.5. The summed E-state index contributed by atoms with van der Waals surface area (Å²) in [6.07, 6.45) is 3.25. The second-order valence-electron chi connectivity index (χ2n) is 5.77. The van der Waals surface area contributed by atoms with Crippen LogP contribution in [0, 0.1) is 0 Å². The number of para-hydroxylation sites is 1. The molecule has 21 heavy (non-hydrogen) atoms. The number of carbonyl (C=O) groups excluding carboxylic acids is 2. The Kier molecular flexibility index (Phi) is 4.99. The fraction of sp³-hybridized carbons (Fsp3) is 0.529. The lowest BCUT2D eigenvalue weighted by Crippen LogP contribution is -2.49. The molecule has 0 spiro atoms. The van der Waals surface area contributed by atoms with E-state index in [0.29, 0.717) is 11.3 Å². The van der Waals surface area contributed by atoms with E-state index < -0.39 is 0 Å². The van der Waals surface area contributed by atoms with Crippen LogP contribution in [-0.2, 0) is 4.79 Å². The van der Waals surface area contributed by atoms with Crippen molar-refractivity contribution in [1.82, 2.24) is 4.90 Å². The SMILES string of the molecule is CC(=O)c1ccccc1OCC(=O)N1C(C)CCCC1C. The number of ketones is 1. The smallest absolute Gasteiger partial charge is 0.260 e. The summed E-state index contributed by atoms with van der Waals surface area (Å²) in [5.74, 6) is 0.418. The van der Waals surface area contributed by atoms with Gasteiger partial charge in [-0.1, -0.05) is 12.1 Å². The lowest BCUT2D eigenvalue weighted by Gasteiger charge is -2.39. The van der Waals surface area contributed by atoms with Crippen molar-refractivity contribution in [3.63, 3.8) is 0 Å². The largest absolute Gasteiger partial charge is 0.483 e. The van der Waals surface area contributed by atoms with E-state index in [-0.39, 0.29) is 30.4 Å². The molecule has 0 radical (unpaired) electrons. The molecule has 0 aromatic heterocycles. The van der Waals surface area contributed by atoms with E-state index in [1.54, 1.807) is 24.3 Å². The van der Waals surface area contributed by atoms with Gasteiger partial charge in [0.15, 0.2) is 12.4 Å². The summed E-state index contributed by atoms with van der Waals surface area (Å²) in [6, 6.07) is 7.56. The van der Waals surface area contributed by atoms with Crippen LogP contribution >= 0.6 is 0 Å². The monoisotopic (exact) mass is 289 g/mol. The Bertz CT molecular complexity index is 517. The zero-order chi connectivity index (χ0) is 15.4. The van der Waals surface area contributed by atoms with Gasteiger partial charge in [0, 0.05) is 12.1 Å². The number of rotatable bonds is 4. The van der Waals surface area contributed by atoms with Crippen LogP contribution in [0.25, 0.3) is 0 Å². The van der Waals surface area contributed by atoms with Crippen molar-refractivity contribution in [2.45, 2.75) is 52.1 Å². The molecular formula is C17H23NO3. The van der Waals surface area contributed by atoms with Gasteiger partial charge in [0.2, 0.25) is 0 Å². The Morgan fingerprint density at radius 1 is 1.19 bits per heavy atom. The van der Waals surface area contributed by atoms with Crippen LogP contribution in [-0.4, -0.2) is 35.3 Å². The van der Waals surface area contributed by atoms with E-state index in [9.17, 15) is 9.59 Å². The zero-order valence-corrected chi connectivity index (χ0v) is 13.0. The van der Waals surface area contributed by atoms with Gasteiger partial charge in [-0.2, -0.15) is 0 Å². The van der Waals surface area contributed by atoms with Crippen molar-refractivity contribution in [1.29, 1.82) is 0 Å². The van der Waals surface area contributed by atoms with E-state index >= 15 is 0 Å². The third-order valence-corrected chi connectivity index (χ3v) is 4.10. The number of likely N-dealkylation sites (tertiary alicyclic amines) is 1. The number of hydrogen-bond acceptors (Lipinski definition) is 3. The van der Waals surface area contributed by atoms with Crippen LogP contribution in [0.2, 0.25) is 0 Å². The minimum Gasteiger partial charge on any atom is -0.483 e. The molecule has 2 unspecified atom stereocenters. The quantitative estimate of drug-likeness (QED) is 0.800. The predicted octanol–water partition coefficient (Wildman–Crippen LogP) is 3.06. The summed E-state index contributed by atoms with van der Waals surface area (Å²) < 4.78 is 5.60. The highest BCUT2D eigenvalue weighted by molar-refractivity contribution is 5.96. The number of amides is 1. The summed E-state index contributed by atoms with van der Waals surface area (Å²) in [6.45, 7) is 5.64. The van der Waals surface area contributed by atoms with E-state index in [0.717, 1.165) is 12.8 Å². The number of hydrogen-bond donors (Lipinski definition) is 0. The lowest BCUT2D eigenvalue weighted by molar-refractivity contribution is -0.139. The molecule has 2 atom stereocenters. The van der Waals surface area contributed by atoms with Crippen LogP contribution in [0.5, 0.6) is 5.75 Å². The van der Waals surface area contributed by atoms with Gasteiger partial charge in [0.1, 0.15) is 5.75 Å². The molecule has 4 heteroatoms. The standard InChI is InChI=1S/C17H23NO3/c1-12-7-6-8-13(2)18(12)17(20)11-21-16-10-5-4-9-15(16)14(3)19/h4-5,9-10,12-13H,6-8,11H2,1-3H3. The van der Waals surface area contributed by atoms with Gasteiger partial charge in [-0.15, -0.1) is 0 Å². The van der Waals surface area contributed by atoms with Crippen molar-refractivity contribution >= 4 is 11.7 Å². The van der Waals surface area contributed by atoms with Crippen molar-refractivity contribution in [2.24, 2.45) is 0 Å². The number of Topliss-reactive ketones (excluding diaryl/α,β-unsaturated/α-hetero) is 1. The average molecular weight is 289 g/mol. The molecule has 0 saturated carbocycles. The number of benzene rings is 1. The molecule has 1 heterocycles. The number of carbonyl (C=O) groups is 2. The molecule has 0 bridgehead atoms. The van der Waals surface area contributed by atoms with Crippen molar-refractivity contribution in [3.05, 3.63) is 29.8 Å². The Morgan fingerprint density at radius 2 is 1.81 bits per heavy atom. The zero-order valence-electron chi connectivity index (χ0n) is 13.0. The Hall–Kier alpha value is -1.84. The van der Waals surface area contributed by atoms with Crippen molar-refractivity contribution in [2.75, 3.05) is 6.61 Å². The van der Waals surface area contributed by atoms with Gasteiger partial charge in [-0.3, -0.25) is 9.59 Å². The fourth-order valence-corrected chi connectivity index (χ4v) is 3.01. The minimum absolute atomic E-state index is 0.00643. The Morgan fingerprint density at radius 3 is 2.43 bits per heavy atom. The second-order valence-corrected chi connectivity index (χ2v) is 5.77. The molecular weight excluding hydrogens is 266 g/mol. The van der Waals surface area contributed by atoms with Gasteiger partial charge < -0.3 is 9.64 Å². The topological polar surface area (TPSA) is 46.6 Å². The van der Waals surface area contributed by atoms with Crippen LogP contribution in [0.3, 0.4) is 0 Å². The highest BCUT2D eigenvalue weighted by atomic mass is 16.5. The summed E-state index contributed by atoms with van der Waals surface area (Å²) in [7, 11) is 0. The molecule has 1 fully saturated rings. The van der Waals surface area contributed by atoms with Crippen LogP contribution in [0.15, 0.2) is 24.3 Å². The van der Waals surface area contributed by atoms with E-state index in [1.165, 1.54) is 13.3 Å². The normalized spacial score (nSPS) is 22.0. The average Bonchev–Trinajstić information content (AvgIpc) is 2.45. The van der Waals surface area contributed by atoms with Crippen LogP contribution in [0.4, 0.5) is 0 Å². The highest BCUT2D eigenvalue weighted by Crippen LogP contribution is 2.23. The first-order valence-electron chi connectivity index (χ1n) is 7.54. The van der Waals surface area contributed by atoms with E-state index in [4.69, 9.17) is 4.74 Å². The van der Waals surface area contributed by atoms with Gasteiger partial charge >= 0.3 is 0 Å². The molecule has 1 aliphatic heterocycles. The van der Waals surface area contributed by atoms with Crippen molar-refractivity contribution < 1.29 is 14.3 Å². The molecule has 1 aromatic rings. The molecule has 0 N–H and O–H groups in total. The Labute approximate surface area is 126 Å².